The van der Waals surface area contributed by atoms with Crippen molar-refractivity contribution >= 4 is 5.78 Å². The van der Waals surface area contributed by atoms with Gasteiger partial charge in [-0.15, -0.1) is 0 Å². The van der Waals surface area contributed by atoms with Gasteiger partial charge in [0.2, 0.25) is 0 Å². The maximum absolute atomic E-state index is 13.3. The Bertz CT molecular complexity index is 344. The lowest BCUT2D eigenvalue weighted by Gasteiger charge is -2.24. The topological polar surface area (TPSA) is 17.1 Å². The van der Waals surface area contributed by atoms with Crippen molar-refractivity contribution in [3.63, 3.8) is 0 Å². The van der Waals surface area contributed by atoms with E-state index in [4.69, 9.17) is 0 Å². The highest BCUT2D eigenvalue weighted by molar-refractivity contribution is 5.90. The van der Waals surface area contributed by atoms with E-state index in [0.29, 0.717) is 12.8 Å². The van der Waals surface area contributed by atoms with Crippen LogP contribution in [0.15, 0.2) is 0 Å². The summed E-state index contributed by atoms with van der Waals surface area (Å²) in [4.78, 5) is 12.6. The summed E-state index contributed by atoms with van der Waals surface area (Å²) in [5.41, 5.74) is -1.98. The Kier molecular flexibility index (Phi) is 9.36. The van der Waals surface area contributed by atoms with Crippen molar-refractivity contribution in [3.05, 3.63) is 0 Å². The van der Waals surface area contributed by atoms with Crippen LogP contribution in [0.3, 0.4) is 0 Å². The fourth-order valence-electron chi connectivity index (χ4n) is 3.58. The lowest BCUT2D eigenvalue weighted by molar-refractivity contribution is -0.193. The number of hydrogen-bond donors (Lipinski definition) is 0. The van der Waals surface area contributed by atoms with Gasteiger partial charge in [0.05, 0.1) is 0 Å². The smallest absolute Gasteiger partial charge is 0.298 e. The zero-order valence-corrected chi connectivity index (χ0v) is 15.5. The van der Waals surface area contributed by atoms with E-state index in [1.807, 2.05) is 0 Å². The lowest BCUT2D eigenvalue weighted by Crippen LogP contribution is -2.37. The molecule has 0 amide bonds. The maximum Gasteiger partial charge on any atom is 0.401 e. The highest BCUT2D eigenvalue weighted by Gasteiger charge is 2.68. The molecule has 1 rings (SSSR count). The molecule has 1 aliphatic rings. The minimum atomic E-state index is -4.35. The molecule has 1 nitrogen and oxygen atoms in total. The van der Waals surface area contributed by atoms with Gasteiger partial charge in [0, 0.05) is 5.92 Å². The number of carbonyl (C=O) groups excluding carboxylic acids is 1. The summed E-state index contributed by atoms with van der Waals surface area (Å²) in [5, 5.41) is 0. The fourth-order valence-corrected chi connectivity index (χ4v) is 3.58. The van der Waals surface area contributed by atoms with E-state index in [2.05, 4.69) is 13.8 Å². The number of unbranched alkanes of at least 4 members (excludes halogenated alkanes) is 8. The van der Waals surface area contributed by atoms with Gasteiger partial charge in [-0.3, -0.25) is 4.79 Å². The van der Waals surface area contributed by atoms with Crippen molar-refractivity contribution in [3.8, 4) is 0 Å². The molecule has 0 heterocycles. The van der Waals surface area contributed by atoms with Crippen LogP contribution >= 0.6 is 0 Å². The van der Waals surface area contributed by atoms with E-state index in [-0.39, 0.29) is 18.8 Å². The summed E-state index contributed by atoms with van der Waals surface area (Å²) < 4.78 is 39.8. The zero-order chi connectivity index (χ0) is 18.1. The minimum absolute atomic E-state index is 0.0114. The van der Waals surface area contributed by atoms with Crippen LogP contribution in [0.5, 0.6) is 0 Å². The number of alkyl halides is 3. The predicted molar refractivity (Wildman–Crippen MR) is 93.0 cm³/mol. The quantitative estimate of drug-likeness (QED) is 0.302. The Balaban J connectivity index is 2.51. The van der Waals surface area contributed by atoms with Crippen molar-refractivity contribution in [2.75, 3.05) is 0 Å². The minimum Gasteiger partial charge on any atom is -0.298 e. The van der Waals surface area contributed by atoms with Gasteiger partial charge in [0.1, 0.15) is 5.41 Å². The molecule has 0 bridgehead atoms. The van der Waals surface area contributed by atoms with Crippen LogP contribution < -0.4 is 0 Å². The summed E-state index contributed by atoms with van der Waals surface area (Å²) in [6.45, 7) is 4.28. The average Bonchev–Trinajstić information content (AvgIpc) is 3.33. The summed E-state index contributed by atoms with van der Waals surface area (Å²) in [7, 11) is 0. The SMILES string of the molecule is CCCCCCCC(CCCCCCC)C(=O)C1(C(F)(F)F)CC1. The van der Waals surface area contributed by atoms with Gasteiger partial charge in [-0.25, -0.2) is 0 Å². The molecule has 4 heteroatoms. The first-order chi connectivity index (χ1) is 11.4. The molecular weight excluding hydrogens is 313 g/mol. The Morgan fingerprint density at radius 2 is 1.25 bits per heavy atom. The summed E-state index contributed by atoms with van der Waals surface area (Å²) >= 11 is 0. The first-order valence-electron chi connectivity index (χ1n) is 10.00. The molecule has 0 aliphatic heterocycles. The molecule has 0 spiro atoms. The second-order valence-electron chi connectivity index (χ2n) is 7.55. The van der Waals surface area contributed by atoms with Crippen LogP contribution in [0.2, 0.25) is 0 Å². The molecular formula is C20H35F3O. The third-order valence-corrected chi connectivity index (χ3v) is 5.45. The second kappa shape index (κ2) is 10.5. The number of Topliss-reactive ketones (excluding diaryl/α,β-unsaturated/α-hetero) is 1. The van der Waals surface area contributed by atoms with E-state index in [0.717, 1.165) is 51.4 Å². The summed E-state index contributed by atoms with van der Waals surface area (Å²) in [6, 6.07) is 0. The molecule has 0 saturated heterocycles. The van der Waals surface area contributed by atoms with Crippen molar-refractivity contribution in [2.45, 2.75) is 110 Å². The molecule has 0 radical (unpaired) electrons. The van der Waals surface area contributed by atoms with Crippen molar-refractivity contribution < 1.29 is 18.0 Å². The standard InChI is InChI=1S/C20H35F3O/c1-3-5-7-9-11-13-17(14-12-10-8-6-4-2)18(24)19(15-16-19)20(21,22)23/h17H,3-16H2,1-2H3. The average molecular weight is 348 g/mol. The molecule has 0 aromatic carbocycles. The second-order valence-corrected chi connectivity index (χ2v) is 7.55. The van der Waals surface area contributed by atoms with E-state index in [1.54, 1.807) is 0 Å². The van der Waals surface area contributed by atoms with Gasteiger partial charge in [0.15, 0.2) is 5.78 Å². The summed E-state index contributed by atoms with van der Waals surface area (Å²) in [6.07, 6.45) is 7.69. The Labute approximate surface area is 145 Å². The van der Waals surface area contributed by atoms with Crippen LogP contribution in [0.1, 0.15) is 104 Å². The van der Waals surface area contributed by atoms with E-state index < -0.39 is 17.4 Å². The summed E-state index contributed by atoms with van der Waals surface area (Å²) in [5.74, 6) is -0.877. The number of hydrogen-bond acceptors (Lipinski definition) is 1. The molecule has 0 aromatic heterocycles. The fraction of sp³-hybridized carbons (Fsp3) is 0.950. The van der Waals surface area contributed by atoms with Crippen LogP contribution in [0.4, 0.5) is 13.2 Å². The van der Waals surface area contributed by atoms with Gasteiger partial charge >= 0.3 is 6.18 Å². The van der Waals surface area contributed by atoms with Crippen LogP contribution in [0.25, 0.3) is 0 Å². The van der Waals surface area contributed by atoms with E-state index in [1.165, 1.54) is 12.8 Å². The van der Waals surface area contributed by atoms with Gasteiger partial charge in [0.25, 0.3) is 0 Å². The number of halogens is 3. The zero-order valence-electron chi connectivity index (χ0n) is 15.5. The highest BCUT2D eigenvalue weighted by Crippen LogP contribution is 2.59. The van der Waals surface area contributed by atoms with Crippen LogP contribution in [-0.2, 0) is 4.79 Å². The Morgan fingerprint density at radius 3 is 1.58 bits per heavy atom. The molecule has 142 valence electrons. The Morgan fingerprint density at radius 1 is 0.833 bits per heavy atom. The van der Waals surface area contributed by atoms with Gasteiger partial charge in [-0.1, -0.05) is 78.1 Å². The maximum atomic E-state index is 13.3. The number of rotatable bonds is 14. The van der Waals surface area contributed by atoms with Gasteiger partial charge in [-0.2, -0.15) is 13.2 Å². The largest absolute Gasteiger partial charge is 0.401 e. The molecule has 1 aliphatic carbocycles. The van der Waals surface area contributed by atoms with Crippen molar-refractivity contribution in [1.29, 1.82) is 0 Å². The lowest BCUT2D eigenvalue weighted by atomic mass is 9.83. The van der Waals surface area contributed by atoms with Crippen LogP contribution in [-0.4, -0.2) is 12.0 Å². The molecule has 1 fully saturated rings. The van der Waals surface area contributed by atoms with Gasteiger partial charge in [-0.05, 0) is 25.7 Å². The van der Waals surface area contributed by atoms with Crippen LogP contribution in [0, 0.1) is 11.3 Å². The molecule has 24 heavy (non-hydrogen) atoms. The Hall–Kier alpha value is -0.540. The van der Waals surface area contributed by atoms with Crippen molar-refractivity contribution in [2.24, 2.45) is 11.3 Å². The normalized spacial score (nSPS) is 16.6. The van der Waals surface area contributed by atoms with E-state index in [9.17, 15) is 18.0 Å². The van der Waals surface area contributed by atoms with E-state index >= 15 is 0 Å². The molecule has 1 saturated carbocycles. The first kappa shape index (κ1) is 21.5. The first-order valence-corrected chi connectivity index (χ1v) is 10.00. The van der Waals surface area contributed by atoms with Gasteiger partial charge < -0.3 is 0 Å². The molecule has 0 unspecified atom stereocenters. The molecule has 0 N–H and O–H groups in total. The molecule has 0 aromatic rings. The third kappa shape index (κ3) is 6.40. The molecule has 0 atom stereocenters. The van der Waals surface area contributed by atoms with Crippen molar-refractivity contribution in [1.82, 2.24) is 0 Å². The number of carbonyl (C=O) groups is 1. The number of ketones is 1. The highest BCUT2D eigenvalue weighted by atomic mass is 19.4. The third-order valence-electron chi connectivity index (χ3n) is 5.45. The predicted octanol–water partition coefficient (Wildman–Crippen LogP) is 7.24. The monoisotopic (exact) mass is 348 g/mol.